The molecule has 1 heterocycles. The van der Waals surface area contributed by atoms with Gasteiger partial charge >= 0.3 is 0 Å². The van der Waals surface area contributed by atoms with Crippen molar-refractivity contribution in [2.24, 2.45) is 0 Å². The van der Waals surface area contributed by atoms with Crippen LogP contribution in [0.5, 0.6) is 0 Å². The third kappa shape index (κ3) is 2.29. The maximum absolute atomic E-state index is 13.5. The molecule has 2 aromatic rings. The van der Waals surface area contributed by atoms with Gasteiger partial charge in [-0.2, -0.15) is 0 Å². The number of nitrogen functional groups attached to an aromatic ring is 1. The normalized spacial score (nSPS) is 10.3. The topological polar surface area (TPSA) is 63.8 Å². The molecule has 0 saturated heterocycles. The molecule has 0 spiro atoms. The second kappa shape index (κ2) is 4.55. The summed E-state index contributed by atoms with van der Waals surface area (Å²) < 4.78 is 13.5. The Balaban J connectivity index is 2.42. The number of nitrogens with one attached hydrogen (secondary N) is 1. The van der Waals surface area contributed by atoms with Gasteiger partial charge in [-0.1, -0.05) is 17.7 Å². The predicted octanol–water partition coefficient (Wildman–Crippen LogP) is 2.90. The smallest absolute Gasteiger partial charge is 0.148 e. The maximum Gasteiger partial charge on any atom is 0.148 e. The first-order chi connectivity index (χ1) is 8.09. The van der Waals surface area contributed by atoms with Gasteiger partial charge in [0.2, 0.25) is 0 Å². The first-order valence-electron chi connectivity index (χ1n) is 4.87. The highest BCUT2D eigenvalue weighted by Crippen LogP contribution is 2.29. The van der Waals surface area contributed by atoms with Crippen LogP contribution in [0.2, 0.25) is 5.02 Å². The minimum absolute atomic E-state index is 0.176. The van der Waals surface area contributed by atoms with Crippen molar-refractivity contribution in [1.29, 1.82) is 0 Å². The number of hydrogen-bond donors (Lipinski definition) is 2. The summed E-state index contributed by atoms with van der Waals surface area (Å²) in [6.07, 6.45) is 1.30. The summed E-state index contributed by atoms with van der Waals surface area (Å²) in [7, 11) is 0. The molecule has 0 saturated carbocycles. The molecule has 0 atom stereocenters. The van der Waals surface area contributed by atoms with Crippen molar-refractivity contribution < 1.29 is 4.39 Å². The number of anilines is 3. The van der Waals surface area contributed by atoms with Crippen LogP contribution in [0.3, 0.4) is 0 Å². The van der Waals surface area contributed by atoms with Crippen LogP contribution >= 0.6 is 11.6 Å². The second-order valence-corrected chi connectivity index (χ2v) is 3.86. The van der Waals surface area contributed by atoms with E-state index < -0.39 is 5.82 Å². The van der Waals surface area contributed by atoms with Crippen molar-refractivity contribution in [2.75, 3.05) is 11.1 Å². The lowest BCUT2D eigenvalue weighted by atomic mass is 10.2. The second-order valence-electron chi connectivity index (χ2n) is 3.45. The van der Waals surface area contributed by atoms with E-state index in [1.165, 1.54) is 18.5 Å². The van der Waals surface area contributed by atoms with Crippen molar-refractivity contribution >= 4 is 28.9 Å². The molecule has 0 unspecified atom stereocenters. The lowest BCUT2D eigenvalue weighted by molar-refractivity contribution is 0.632. The fourth-order valence-electron chi connectivity index (χ4n) is 1.33. The van der Waals surface area contributed by atoms with Crippen LogP contribution < -0.4 is 11.1 Å². The molecule has 1 aromatic carbocycles. The maximum atomic E-state index is 13.5. The molecule has 0 aliphatic heterocycles. The van der Waals surface area contributed by atoms with Crippen molar-refractivity contribution in [3.8, 4) is 0 Å². The number of rotatable bonds is 2. The Morgan fingerprint density at radius 2 is 2.12 bits per heavy atom. The molecule has 0 amide bonds. The number of para-hydroxylation sites is 1. The van der Waals surface area contributed by atoms with Gasteiger partial charge in [0, 0.05) is 5.56 Å². The van der Waals surface area contributed by atoms with E-state index in [0.29, 0.717) is 17.2 Å². The molecule has 0 bridgehead atoms. The largest absolute Gasteiger partial charge is 0.383 e. The molecule has 0 fully saturated rings. The molecule has 4 nitrogen and oxygen atoms in total. The van der Waals surface area contributed by atoms with E-state index in [-0.39, 0.29) is 10.7 Å². The molecule has 2 rings (SSSR count). The minimum Gasteiger partial charge on any atom is -0.383 e. The summed E-state index contributed by atoms with van der Waals surface area (Å²) in [5.41, 5.74) is 6.45. The molecule has 1 aromatic heterocycles. The lowest BCUT2D eigenvalue weighted by Crippen LogP contribution is -2.03. The van der Waals surface area contributed by atoms with E-state index >= 15 is 0 Å². The molecule has 88 valence electrons. The average molecular weight is 253 g/mol. The number of halogens is 2. The molecule has 3 N–H and O–H groups in total. The van der Waals surface area contributed by atoms with E-state index in [1.54, 1.807) is 13.0 Å². The third-order valence-corrected chi connectivity index (χ3v) is 2.64. The molecular formula is C11H10ClFN4. The predicted molar refractivity (Wildman–Crippen MR) is 65.9 cm³/mol. The minimum atomic E-state index is -0.450. The first-order valence-corrected chi connectivity index (χ1v) is 5.25. The number of hydrogen-bond acceptors (Lipinski definition) is 4. The summed E-state index contributed by atoms with van der Waals surface area (Å²) in [5.74, 6) is 0.327. The van der Waals surface area contributed by atoms with E-state index in [4.69, 9.17) is 17.3 Å². The SMILES string of the molecule is Cc1c(N)ncnc1Nc1c(F)cccc1Cl. The highest BCUT2D eigenvalue weighted by Gasteiger charge is 2.10. The zero-order valence-corrected chi connectivity index (χ0v) is 9.79. The van der Waals surface area contributed by atoms with Gasteiger partial charge < -0.3 is 11.1 Å². The molecule has 6 heteroatoms. The third-order valence-electron chi connectivity index (χ3n) is 2.33. The number of aromatic nitrogens is 2. The van der Waals surface area contributed by atoms with Gasteiger partial charge in [-0.05, 0) is 19.1 Å². The lowest BCUT2D eigenvalue weighted by Gasteiger charge is -2.11. The summed E-state index contributed by atoms with van der Waals surface area (Å²) in [5, 5.41) is 3.09. The van der Waals surface area contributed by atoms with Crippen LogP contribution in [0.1, 0.15) is 5.56 Å². The quantitative estimate of drug-likeness (QED) is 0.863. The molecular weight excluding hydrogens is 243 g/mol. The number of benzene rings is 1. The number of nitrogens with zero attached hydrogens (tertiary/aromatic N) is 2. The summed E-state index contributed by atoms with van der Waals surface area (Å²) in [4.78, 5) is 7.81. The monoisotopic (exact) mass is 252 g/mol. The molecule has 0 radical (unpaired) electrons. The van der Waals surface area contributed by atoms with Crippen molar-refractivity contribution in [3.05, 3.63) is 40.9 Å². The highest BCUT2D eigenvalue weighted by atomic mass is 35.5. The zero-order chi connectivity index (χ0) is 12.4. The van der Waals surface area contributed by atoms with E-state index in [9.17, 15) is 4.39 Å². The summed E-state index contributed by atoms with van der Waals surface area (Å²) in [6.45, 7) is 1.74. The van der Waals surface area contributed by atoms with E-state index in [2.05, 4.69) is 15.3 Å². The van der Waals surface area contributed by atoms with Gasteiger partial charge in [0.05, 0.1) is 10.7 Å². The highest BCUT2D eigenvalue weighted by molar-refractivity contribution is 6.33. The van der Waals surface area contributed by atoms with Crippen LogP contribution in [0, 0.1) is 12.7 Å². The van der Waals surface area contributed by atoms with Gasteiger partial charge in [-0.15, -0.1) is 0 Å². The van der Waals surface area contributed by atoms with Gasteiger partial charge in [0.15, 0.2) is 0 Å². The van der Waals surface area contributed by atoms with Gasteiger partial charge in [-0.25, -0.2) is 14.4 Å². The van der Waals surface area contributed by atoms with Crippen molar-refractivity contribution in [2.45, 2.75) is 6.92 Å². The molecule has 0 aliphatic carbocycles. The van der Waals surface area contributed by atoms with E-state index in [0.717, 1.165) is 0 Å². The fraction of sp³-hybridized carbons (Fsp3) is 0.0909. The Morgan fingerprint density at radius 1 is 1.35 bits per heavy atom. The first kappa shape index (κ1) is 11.6. The molecule has 17 heavy (non-hydrogen) atoms. The molecule has 0 aliphatic rings. The Hall–Kier alpha value is -1.88. The van der Waals surface area contributed by atoms with Crippen LogP contribution in [0.15, 0.2) is 24.5 Å². The van der Waals surface area contributed by atoms with Crippen LogP contribution in [-0.2, 0) is 0 Å². The van der Waals surface area contributed by atoms with Crippen molar-refractivity contribution in [3.63, 3.8) is 0 Å². The van der Waals surface area contributed by atoms with Crippen LogP contribution in [-0.4, -0.2) is 9.97 Å². The van der Waals surface area contributed by atoms with Crippen LogP contribution in [0.4, 0.5) is 21.7 Å². The Bertz CT molecular complexity index is 539. The van der Waals surface area contributed by atoms with Gasteiger partial charge in [0.1, 0.15) is 23.8 Å². The Kier molecular flexibility index (Phi) is 3.10. The van der Waals surface area contributed by atoms with Crippen LogP contribution in [0.25, 0.3) is 0 Å². The average Bonchev–Trinajstić information content (AvgIpc) is 2.29. The fourth-order valence-corrected chi connectivity index (χ4v) is 1.54. The standard InChI is InChI=1S/C11H10ClFN4/c1-6-10(14)15-5-16-11(6)17-9-7(12)3-2-4-8(9)13/h2-5H,1H3,(H3,14,15,16,17). The number of nitrogens with two attached hydrogens (primary N) is 1. The zero-order valence-electron chi connectivity index (χ0n) is 9.04. The summed E-state index contributed by atoms with van der Waals surface area (Å²) in [6, 6.07) is 4.44. The van der Waals surface area contributed by atoms with E-state index in [1.807, 2.05) is 0 Å². The summed E-state index contributed by atoms with van der Waals surface area (Å²) >= 11 is 5.89. The van der Waals surface area contributed by atoms with Gasteiger partial charge in [-0.3, -0.25) is 0 Å². The Morgan fingerprint density at radius 3 is 2.82 bits per heavy atom. The van der Waals surface area contributed by atoms with Gasteiger partial charge in [0.25, 0.3) is 0 Å². The van der Waals surface area contributed by atoms with Crippen molar-refractivity contribution in [1.82, 2.24) is 9.97 Å². The Labute approximate surface area is 103 Å².